The molecule has 1 aliphatic carbocycles. The average molecular weight is 906 g/mol. The molecule has 3 heterocycles. The molecule has 10 rings (SSSR count). The van der Waals surface area contributed by atoms with Crippen molar-refractivity contribution in [1.29, 1.82) is 0 Å². The number of pyridine rings is 1. The molecule has 2 aromatic heterocycles. The number of rotatable bonds is 5. The summed E-state index contributed by atoms with van der Waals surface area (Å²) in [7, 11) is 0. The van der Waals surface area contributed by atoms with Crippen molar-refractivity contribution in [2.24, 2.45) is 4.99 Å². The van der Waals surface area contributed by atoms with Crippen molar-refractivity contribution in [3.8, 4) is 28.1 Å². The van der Waals surface area contributed by atoms with Crippen LogP contribution in [-0.2, 0) is 33.0 Å². The van der Waals surface area contributed by atoms with E-state index in [2.05, 4.69) is 184 Å². The standard InChI is InChI=1S/C51H42N4.Pt/c1-32-22-23-52-45(26-32)37-20-21-43-42-17-11-13-19-46(42)54(47(43)30-37)41-28-39(36-14-8-7-9-15-36)27-40(29-41)49-53-51(6)44-18-12-10-16-38(44)31-50(51,5)55(49)48-34(3)24-33(2)25-35(48)4;/h7-28H,31H2,1-6H3;/q-2;+2/t50-,51+;/m0./s1. The molecule has 2 aliphatic rings. The third-order valence-corrected chi connectivity index (χ3v) is 12.2. The Kier molecular flexibility index (Phi) is 8.56. The van der Waals surface area contributed by atoms with Crippen molar-refractivity contribution in [3.63, 3.8) is 0 Å². The van der Waals surface area contributed by atoms with Crippen LogP contribution in [0.2, 0.25) is 0 Å². The number of benzene rings is 6. The Hall–Kier alpha value is -5.57. The first-order chi connectivity index (χ1) is 26.6. The number of aromatic nitrogens is 2. The number of hydrogen-bond donors (Lipinski definition) is 0. The Balaban J connectivity index is 0.00000410. The molecule has 5 heteroatoms. The van der Waals surface area contributed by atoms with Crippen molar-refractivity contribution in [3.05, 3.63) is 185 Å². The van der Waals surface area contributed by atoms with Gasteiger partial charge in [-0.2, -0.15) is 0 Å². The van der Waals surface area contributed by atoms with Crippen molar-refractivity contribution in [1.82, 2.24) is 9.55 Å². The number of anilines is 1. The smallest absolute Gasteiger partial charge is 0.357 e. The fraction of sp³-hybridized carbons (Fsp3) is 0.176. The first-order valence-corrected chi connectivity index (χ1v) is 19.2. The molecule has 4 nitrogen and oxygen atoms in total. The molecular formula is C51H42N4Pt. The normalized spacial score (nSPS) is 18.5. The summed E-state index contributed by atoms with van der Waals surface area (Å²) in [5, 5.41) is 2.32. The van der Waals surface area contributed by atoms with Gasteiger partial charge < -0.3 is 19.4 Å². The summed E-state index contributed by atoms with van der Waals surface area (Å²) in [6.07, 6.45) is 2.77. The van der Waals surface area contributed by atoms with Gasteiger partial charge in [0, 0.05) is 17.4 Å². The molecule has 0 fully saturated rings. The van der Waals surface area contributed by atoms with Gasteiger partial charge >= 0.3 is 21.1 Å². The molecule has 8 aromatic rings. The van der Waals surface area contributed by atoms with Crippen molar-refractivity contribution in [2.75, 3.05) is 4.90 Å². The molecule has 0 saturated heterocycles. The maximum atomic E-state index is 5.86. The van der Waals surface area contributed by atoms with Crippen LogP contribution >= 0.6 is 0 Å². The SMILES string of the molecule is Cc1ccnc(-c2[c-]c3c(cc2)c2ccccc2n3-c2[c-]c(C3=N[C@]4(C)c5ccccc5C[C@]4(C)N3c3c(C)cc(C)cc3C)cc(-c3ccccc3)c2)c1.[Pt+2]. The molecule has 56 heavy (non-hydrogen) atoms. The minimum atomic E-state index is -0.476. The van der Waals surface area contributed by atoms with Gasteiger partial charge in [0.25, 0.3) is 0 Å². The van der Waals surface area contributed by atoms with Gasteiger partial charge in [0.05, 0.1) is 16.9 Å². The predicted molar refractivity (Wildman–Crippen MR) is 227 cm³/mol. The molecule has 2 atom stereocenters. The third kappa shape index (κ3) is 5.37. The van der Waals surface area contributed by atoms with Crippen LogP contribution in [0.1, 0.15) is 52.8 Å². The Bertz CT molecular complexity index is 2860. The van der Waals surface area contributed by atoms with Crippen LogP contribution in [0.4, 0.5) is 5.69 Å². The van der Waals surface area contributed by atoms with E-state index in [0.717, 1.165) is 62.3 Å². The van der Waals surface area contributed by atoms with Crippen molar-refractivity contribution >= 4 is 33.3 Å². The number of aryl methyl sites for hydroxylation is 4. The number of nitrogens with zero attached hydrogens (tertiary/aromatic N) is 4. The van der Waals surface area contributed by atoms with Gasteiger partial charge in [-0.25, -0.2) is 0 Å². The van der Waals surface area contributed by atoms with E-state index in [0.29, 0.717) is 0 Å². The molecular weight excluding hydrogens is 864 g/mol. The predicted octanol–water partition coefficient (Wildman–Crippen LogP) is 11.8. The number of hydrogen-bond acceptors (Lipinski definition) is 3. The van der Waals surface area contributed by atoms with Crippen LogP contribution in [0.15, 0.2) is 139 Å². The summed E-state index contributed by atoms with van der Waals surface area (Å²) in [4.78, 5) is 13.2. The van der Waals surface area contributed by atoms with Gasteiger partial charge in [0.2, 0.25) is 0 Å². The molecule has 0 amide bonds. The molecule has 0 bridgehead atoms. The van der Waals surface area contributed by atoms with E-state index in [4.69, 9.17) is 9.98 Å². The maximum absolute atomic E-state index is 5.86. The molecule has 1 aliphatic heterocycles. The Morgan fingerprint density at radius 3 is 2.16 bits per heavy atom. The van der Waals surface area contributed by atoms with Crippen LogP contribution < -0.4 is 4.90 Å². The maximum Gasteiger partial charge on any atom is 2.00 e. The average Bonchev–Trinajstić information content (AvgIpc) is 3.72. The Labute approximate surface area is 343 Å². The van der Waals surface area contributed by atoms with Crippen LogP contribution in [0.5, 0.6) is 0 Å². The fourth-order valence-electron chi connectivity index (χ4n) is 9.58. The Morgan fingerprint density at radius 1 is 0.643 bits per heavy atom. The van der Waals surface area contributed by atoms with E-state index in [1.807, 2.05) is 12.3 Å². The van der Waals surface area contributed by atoms with Crippen molar-refractivity contribution in [2.45, 2.75) is 59.0 Å². The first kappa shape index (κ1) is 36.1. The van der Waals surface area contributed by atoms with Gasteiger partial charge in [0.1, 0.15) is 0 Å². The summed E-state index contributed by atoms with van der Waals surface area (Å²) in [5.74, 6) is 0.947. The quantitative estimate of drug-likeness (QED) is 0.161. The third-order valence-electron chi connectivity index (χ3n) is 12.2. The van der Waals surface area contributed by atoms with Crippen molar-refractivity contribution < 1.29 is 21.1 Å². The van der Waals surface area contributed by atoms with Crippen LogP contribution in [0, 0.1) is 39.8 Å². The second-order valence-electron chi connectivity index (χ2n) is 15.9. The molecule has 0 N–H and O–H groups in total. The monoisotopic (exact) mass is 905 g/mol. The van der Waals surface area contributed by atoms with Gasteiger partial charge in [-0.3, -0.25) is 0 Å². The summed E-state index contributed by atoms with van der Waals surface area (Å²) < 4.78 is 2.34. The summed E-state index contributed by atoms with van der Waals surface area (Å²) >= 11 is 0. The molecule has 276 valence electrons. The molecule has 0 saturated carbocycles. The largest absolute Gasteiger partial charge is 2.00 e. The fourth-order valence-corrected chi connectivity index (χ4v) is 9.58. The van der Waals surface area contributed by atoms with E-state index in [-0.39, 0.29) is 26.6 Å². The van der Waals surface area contributed by atoms with E-state index < -0.39 is 5.54 Å². The molecule has 0 spiro atoms. The number of amidine groups is 1. The zero-order valence-corrected chi connectivity index (χ0v) is 34.8. The zero-order valence-electron chi connectivity index (χ0n) is 32.5. The Morgan fingerprint density at radius 2 is 1.38 bits per heavy atom. The first-order valence-electron chi connectivity index (χ1n) is 19.2. The molecule has 6 aromatic carbocycles. The topological polar surface area (TPSA) is 33.4 Å². The van der Waals surface area contributed by atoms with Crippen LogP contribution in [0.3, 0.4) is 0 Å². The minimum absolute atomic E-state index is 0. The second kappa shape index (κ2) is 13.3. The van der Waals surface area contributed by atoms with Gasteiger partial charge in [-0.1, -0.05) is 113 Å². The zero-order chi connectivity index (χ0) is 37.6. The van der Waals surface area contributed by atoms with Crippen LogP contribution in [-0.4, -0.2) is 20.9 Å². The molecule has 0 radical (unpaired) electrons. The summed E-state index contributed by atoms with van der Waals surface area (Å²) in [6.45, 7) is 13.5. The van der Waals surface area contributed by atoms with E-state index in [1.54, 1.807) is 0 Å². The van der Waals surface area contributed by atoms with E-state index in [1.165, 1.54) is 44.5 Å². The number of para-hydroxylation sites is 1. The second-order valence-corrected chi connectivity index (χ2v) is 15.9. The summed E-state index contributed by atoms with van der Waals surface area (Å²) in [5.41, 5.74) is 16.1. The molecule has 0 unspecified atom stereocenters. The number of aliphatic imine (C=N–C) groups is 1. The van der Waals surface area contributed by atoms with Crippen LogP contribution in [0.25, 0.3) is 49.9 Å². The minimum Gasteiger partial charge on any atom is -0.357 e. The van der Waals surface area contributed by atoms with Gasteiger partial charge in [-0.15, -0.1) is 47.5 Å². The van der Waals surface area contributed by atoms with Gasteiger partial charge in [0.15, 0.2) is 0 Å². The van der Waals surface area contributed by atoms with E-state index in [9.17, 15) is 0 Å². The number of fused-ring (bicyclic) bond motifs is 6. The van der Waals surface area contributed by atoms with E-state index >= 15 is 0 Å². The summed E-state index contributed by atoms with van der Waals surface area (Å²) in [6, 6.07) is 53.8. The van der Waals surface area contributed by atoms with Gasteiger partial charge in [-0.05, 0) is 110 Å².